The molecule has 13 heteroatoms. The smallest absolute Gasteiger partial charge is 0.289 e. The first-order valence-corrected chi connectivity index (χ1v) is 18.2. The Hall–Kier alpha value is -3.90. The number of rotatable bonds is 13. The van der Waals surface area contributed by atoms with Gasteiger partial charge < -0.3 is 26.2 Å². The average Bonchev–Trinajstić information content (AvgIpc) is 3.65. The zero-order chi connectivity index (χ0) is 35.3. The predicted molar refractivity (Wildman–Crippen MR) is 181 cm³/mol. The van der Waals surface area contributed by atoms with E-state index in [1.807, 2.05) is 27.7 Å². The van der Waals surface area contributed by atoms with Crippen molar-refractivity contribution < 1.29 is 28.8 Å². The third-order valence-corrected chi connectivity index (χ3v) is 10.7. The van der Waals surface area contributed by atoms with Gasteiger partial charge in [-0.15, -0.1) is 0 Å². The molecule has 13 nitrogen and oxygen atoms in total. The molecule has 4 aliphatic rings. The fourth-order valence-electron chi connectivity index (χ4n) is 7.87. The molecule has 1 saturated heterocycles. The van der Waals surface area contributed by atoms with E-state index in [9.17, 15) is 28.8 Å². The average molecular weight is 680 g/mol. The number of amides is 5. The fraction of sp³-hybridized carbons (Fsp3) is 0.722. The third-order valence-electron chi connectivity index (χ3n) is 10.7. The van der Waals surface area contributed by atoms with Crippen LogP contribution in [0.4, 0.5) is 0 Å². The van der Waals surface area contributed by atoms with Crippen molar-refractivity contribution in [2.24, 2.45) is 23.2 Å². The van der Waals surface area contributed by atoms with Crippen LogP contribution in [0.1, 0.15) is 115 Å². The summed E-state index contributed by atoms with van der Waals surface area (Å²) in [6.07, 6.45) is 13.9. The lowest BCUT2D eigenvalue weighted by atomic mass is 9.82. The van der Waals surface area contributed by atoms with E-state index >= 15 is 0 Å². The van der Waals surface area contributed by atoms with Gasteiger partial charge in [0.15, 0.2) is 0 Å². The number of fused-ring (bicyclic) bond motifs is 1. The van der Waals surface area contributed by atoms with Gasteiger partial charge in [0.25, 0.3) is 11.8 Å². The molecule has 6 atom stereocenters. The van der Waals surface area contributed by atoms with Gasteiger partial charge in [-0.25, -0.2) is 4.98 Å². The summed E-state index contributed by atoms with van der Waals surface area (Å²) >= 11 is 0. The van der Waals surface area contributed by atoms with Crippen LogP contribution in [-0.4, -0.2) is 86.9 Å². The van der Waals surface area contributed by atoms with Crippen molar-refractivity contribution in [2.75, 3.05) is 6.54 Å². The first-order valence-electron chi connectivity index (χ1n) is 18.2. The van der Waals surface area contributed by atoms with Crippen molar-refractivity contribution in [3.8, 4) is 0 Å². The highest BCUT2D eigenvalue weighted by atomic mass is 16.2. The summed E-state index contributed by atoms with van der Waals surface area (Å²) < 4.78 is 0. The standard InChI is InChI=1S/C36H53N7O6/c1-5-10-25(29(44)34(48)39-23-15-16-23)40-33(47)28-24-14-9-13-22(24)20-43(28)35(49)30(36(2,3)4)42-32(46)27(21-11-7-6-8-12-21)41-31(45)26-19-37-17-18-38-26/h17-19,21-25,27-28,30H,5-16,20H2,1-4H3,(H,39,48)(H,40,47)(H,41,45)(H,42,46)/t22?,24-,25-,27-,28-,30+/m0/s1. The maximum atomic E-state index is 14.6. The van der Waals surface area contributed by atoms with E-state index < -0.39 is 59.0 Å². The van der Waals surface area contributed by atoms with Gasteiger partial charge in [-0.2, -0.15) is 0 Å². The lowest BCUT2D eigenvalue weighted by molar-refractivity contribution is -0.146. The molecule has 1 aromatic rings. The molecule has 1 aliphatic heterocycles. The van der Waals surface area contributed by atoms with Crippen LogP contribution in [-0.2, 0) is 24.0 Å². The Morgan fingerprint density at radius 2 is 1.63 bits per heavy atom. The van der Waals surface area contributed by atoms with Crippen LogP contribution in [0.15, 0.2) is 18.6 Å². The van der Waals surface area contributed by atoms with Crippen molar-refractivity contribution in [2.45, 2.75) is 135 Å². The molecule has 4 N–H and O–H groups in total. The number of hydrogen-bond acceptors (Lipinski definition) is 8. The number of carbonyl (C=O) groups is 6. The Morgan fingerprint density at radius 3 is 2.27 bits per heavy atom. The lowest BCUT2D eigenvalue weighted by Gasteiger charge is -2.38. The van der Waals surface area contributed by atoms with Gasteiger partial charge in [0, 0.05) is 25.0 Å². The maximum Gasteiger partial charge on any atom is 0.289 e. The van der Waals surface area contributed by atoms with Crippen LogP contribution in [0.25, 0.3) is 0 Å². The normalized spacial score (nSPS) is 24.2. The van der Waals surface area contributed by atoms with Crippen LogP contribution in [0.5, 0.6) is 0 Å². The number of ketones is 1. The summed E-state index contributed by atoms with van der Waals surface area (Å²) in [7, 11) is 0. The van der Waals surface area contributed by atoms with E-state index in [0.717, 1.165) is 64.2 Å². The molecule has 0 radical (unpaired) electrons. The molecule has 5 amide bonds. The van der Waals surface area contributed by atoms with Gasteiger partial charge in [0.1, 0.15) is 23.8 Å². The molecule has 0 spiro atoms. The summed E-state index contributed by atoms with van der Waals surface area (Å²) in [6, 6.07) is -3.68. The zero-order valence-electron chi connectivity index (χ0n) is 29.3. The van der Waals surface area contributed by atoms with E-state index in [-0.39, 0.29) is 35.4 Å². The van der Waals surface area contributed by atoms with E-state index in [0.29, 0.717) is 19.4 Å². The van der Waals surface area contributed by atoms with Crippen LogP contribution < -0.4 is 21.3 Å². The van der Waals surface area contributed by atoms with Crippen LogP contribution in [0.3, 0.4) is 0 Å². The predicted octanol–water partition coefficient (Wildman–Crippen LogP) is 2.45. The molecular formula is C36H53N7O6. The summed E-state index contributed by atoms with van der Waals surface area (Å²) in [5, 5.41) is 11.5. The molecular weight excluding hydrogens is 626 g/mol. The van der Waals surface area contributed by atoms with Gasteiger partial charge in [-0.1, -0.05) is 59.8 Å². The summed E-state index contributed by atoms with van der Waals surface area (Å²) in [4.78, 5) is 91.4. The summed E-state index contributed by atoms with van der Waals surface area (Å²) in [5.41, 5.74) is -0.638. The Balaban J connectivity index is 1.36. The number of nitrogens with zero attached hydrogens (tertiary/aromatic N) is 3. The Labute approximate surface area is 288 Å². The Morgan fingerprint density at radius 1 is 0.898 bits per heavy atom. The molecule has 0 bridgehead atoms. The minimum Gasteiger partial charge on any atom is -0.347 e. The van der Waals surface area contributed by atoms with E-state index in [2.05, 4.69) is 31.2 Å². The molecule has 0 aromatic carbocycles. The maximum absolute atomic E-state index is 14.6. The van der Waals surface area contributed by atoms with Crippen molar-refractivity contribution in [3.63, 3.8) is 0 Å². The monoisotopic (exact) mass is 679 g/mol. The SMILES string of the molecule is CCC[C@H](NC(=O)[C@@H]1[C@H]2CCCC2CN1C(=O)[C@@H](NC(=O)[C@@H](NC(=O)c1cnccn1)C1CCCCC1)C(C)(C)C)C(=O)C(=O)NC1CC1. The fourth-order valence-corrected chi connectivity index (χ4v) is 7.87. The minimum atomic E-state index is -0.994. The highest BCUT2D eigenvalue weighted by Gasteiger charge is 2.52. The summed E-state index contributed by atoms with van der Waals surface area (Å²) in [6.45, 7) is 7.85. The molecule has 3 aliphatic carbocycles. The minimum absolute atomic E-state index is 0.0132. The van der Waals surface area contributed by atoms with Crippen molar-refractivity contribution in [1.29, 1.82) is 0 Å². The van der Waals surface area contributed by atoms with E-state index in [4.69, 9.17) is 0 Å². The van der Waals surface area contributed by atoms with Gasteiger partial charge in [-0.3, -0.25) is 33.8 Å². The highest BCUT2D eigenvalue weighted by molar-refractivity contribution is 6.38. The summed E-state index contributed by atoms with van der Waals surface area (Å²) in [5.74, 6) is -3.20. The third kappa shape index (κ3) is 8.83. The second kappa shape index (κ2) is 15.8. The van der Waals surface area contributed by atoms with Gasteiger partial charge >= 0.3 is 0 Å². The largest absolute Gasteiger partial charge is 0.347 e. The first-order chi connectivity index (χ1) is 23.4. The molecule has 268 valence electrons. The van der Waals surface area contributed by atoms with Gasteiger partial charge in [0.05, 0.1) is 12.2 Å². The highest BCUT2D eigenvalue weighted by Crippen LogP contribution is 2.43. The van der Waals surface area contributed by atoms with Crippen LogP contribution >= 0.6 is 0 Å². The van der Waals surface area contributed by atoms with Crippen molar-refractivity contribution in [3.05, 3.63) is 24.3 Å². The number of nitrogens with one attached hydrogen (secondary N) is 4. The molecule has 3 saturated carbocycles. The molecule has 4 fully saturated rings. The van der Waals surface area contributed by atoms with Crippen LogP contribution in [0.2, 0.25) is 0 Å². The molecule has 2 heterocycles. The van der Waals surface area contributed by atoms with Gasteiger partial charge in [-0.05, 0) is 68.1 Å². The quantitative estimate of drug-likeness (QED) is 0.230. The van der Waals surface area contributed by atoms with Crippen molar-refractivity contribution >= 4 is 35.3 Å². The van der Waals surface area contributed by atoms with E-state index in [1.165, 1.54) is 18.6 Å². The number of hydrogen-bond donors (Lipinski definition) is 4. The molecule has 1 unspecified atom stereocenters. The number of carbonyl (C=O) groups excluding carboxylic acids is 6. The molecule has 5 rings (SSSR count). The molecule has 49 heavy (non-hydrogen) atoms. The topological polar surface area (TPSA) is 180 Å². The second-order valence-corrected chi connectivity index (χ2v) is 15.5. The zero-order valence-corrected chi connectivity index (χ0v) is 29.3. The second-order valence-electron chi connectivity index (χ2n) is 15.5. The van der Waals surface area contributed by atoms with Gasteiger partial charge in [0.2, 0.25) is 23.5 Å². The van der Waals surface area contributed by atoms with E-state index in [1.54, 1.807) is 4.90 Å². The van der Waals surface area contributed by atoms with Crippen LogP contribution in [0, 0.1) is 23.2 Å². The number of aromatic nitrogens is 2. The molecule has 1 aromatic heterocycles. The first kappa shape index (κ1) is 36.4. The Bertz CT molecular complexity index is 1390. The number of likely N-dealkylation sites (tertiary alicyclic amines) is 1. The number of Topliss-reactive ketones (excluding diaryl/α,β-unsaturated/α-hetero) is 1. The Kier molecular flexibility index (Phi) is 11.7. The van der Waals surface area contributed by atoms with Crippen molar-refractivity contribution in [1.82, 2.24) is 36.1 Å². The lowest BCUT2D eigenvalue weighted by Crippen LogP contribution is -2.62.